The SMILES string of the molecule is CC.CC(C)N1CCN2CNN=C2C1. The highest BCUT2D eigenvalue weighted by molar-refractivity contribution is 5.85. The highest BCUT2D eigenvalue weighted by Crippen LogP contribution is 2.09. The van der Waals surface area contributed by atoms with Crippen LogP contribution in [0.3, 0.4) is 0 Å². The largest absolute Gasteiger partial charge is 0.337 e. The molecule has 0 atom stereocenters. The first-order valence-electron chi connectivity index (χ1n) is 5.56. The monoisotopic (exact) mass is 198 g/mol. The van der Waals surface area contributed by atoms with Crippen molar-refractivity contribution in [3.05, 3.63) is 0 Å². The van der Waals surface area contributed by atoms with Crippen LogP contribution in [0.15, 0.2) is 5.10 Å². The van der Waals surface area contributed by atoms with Gasteiger partial charge in [0, 0.05) is 19.1 Å². The Morgan fingerprint density at radius 2 is 2.00 bits per heavy atom. The number of hydrazone groups is 1. The Balaban J connectivity index is 0.000000461. The normalized spacial score (nSPS) is 20.9. The van der Waals surface area contributed by atoms with Crippen LogP contribution in [0.2, 0.25) is 0 Å². The molecule has 2 aliphatic heterocycles. The quantitative estimate of drug-likeness (QED) is 0.679. The second-order valence-electron chi connectivity index (χ2n) is 3.67. The number of hydrogen-bond donors (Lipinski definition) is 1. The molecule has 0 aromatic carbocycles. The fourth-order valence-electron chi connectivity index (χ4n) is 1.67. The Kier molecular flexibility index (Phi) is 4.20. The van der Waals surface area contributed by atoms with Crippen LogP contribution in [-0.4, -0.2) is 48.0 Å². The van der Waals surface area contributed by atoms with E-state index in [0.717, 1.165) is 19.8 Å². The van der Waals surface area contributed by atoms with Crippen LogP contribution in [0.5, 0.6) is 0 Å². The maximum Gasteiger partial charge on any atom is 0.140 e. The number of nitrogens with zero attached hydrogens (tertiary/aromatic N) is 3. The molecule has 4 nitrogen and oxygen atoms in total. The summed E-state index contributed by atoms with van der Waals surface area (Å²) in [5.41, 5.74) is 3.01. The summed E-state index contributed by atoms with van der Waals surface area (Å²) in [7, 11) is 0. The van der Waals surface area contributed by atoms with E-state index in [1.807, 2.05) is 13.8 Å². The molecular weight excluding hydrogens is 176 g/mol. The highest BCUT2D eigenvalue weighted by atomic mass is 15.5. The predicted octanol–water partition coefficient (Wildman–Crippen LogP) is 0.913. The van der Waals surface area contributed by atoms with E-state index >= 15 is 0 Å². The zero-order chi connectivity index (χ0) is 10.6. The smallest absolute Gasteiger partial charge is 0.140 e. The fourth-order valence-corrected chi connectivity index (χ4v) is 1.67. The molecule has 2 heterocycles. The first-order valence-corrected chi connectivity index (χ1v) is 5.56. The number of hydrogen-bond acceptors (Lipinski definition) is 4. The topological polar surface area (TPSA) is 30.9 Å². The summed E-state index contributed by atoms with van der Waals surface area (Å²) >= 11 is 0. The Morgan fingerprint density at radius 1 is 1.29 bits per heavy atom. The minimum absolute atomic E-state index is 0.635. The van der Waals surface area contributed by atoms with Crippen LogP contribution in [0, 0.1) is 0 Å². The van der Waals surface area contributed by atoms with Gasteiger partial charge in [0.15, 0.2) is 0 Å². The second-order valence-corrected chi connectivity index (χ2v) is 3.67. The van der Waals surface area contributed by atoms with Crippen LogP contribution >= 0.6 is 0 Å². The Labute approximate surface area is 87.0 Å². The molecule has 0 spiro atoms. The van der Waals surface area contributed by atoms with Crippen LogP contribution in [0.4, 0.5) is 0 Å². The summed E-state index contributed by atoms with van der Waals surface area (Å²) in [6.45, 7) is 12.7. The van der Waals surface area contributed by atoms with Gasteiger partial charge in [-0.25, -0.2) is 0 Å². The number of nitrogens with one attached hydrogen (secondary N) is 1. The van der Waals surface area contributed by atoms with Crippen molar-refractivity contribution in [2.45, 2.75) is 33.7 Å². The van der Waals surface area contributed by atoms with E-state index in [9.17, 15) is 0 Å². The van der Waals surface area contributed by atoms with E-state index in [0.29, 0.717) is 6.04 Å². The average molecular weight is 198 g/mol. The number of fused-ring (bicyclic) bond motifs is 1. The van der Waals surface area contributed by atoms with Crippen LogP contribution < -0.4 is 5.43 Å². The van der Waals surface area contributed by atoms with Gasteiger partial charge in [-0.3, -0.25) is 10.3 Å². The van der Waals surface area contributed by atoms with Gasteiger partial charge in [-0.05, 0) is 13.8 Å². The van der Waals surface area contributed by atoms with E-state index in [-0.39, 0.29) is 0 Å². The van der Waals surface area contributed by atoms with Crippen molar-refractivity contribution < 1.29 is 0 Å². The number of rotatable bonds is 1. The highest BCUT2D eigenvalue weighted by Gasteiger charge is 2.25. The summed E-state index contributed by atoms with van der Waals surface area (Å²) in [6, 6.07) is 0.635. The lowest BCUT2D eigenvalue weighted by molar-refractivity contribution is 0.198. The van der Waals surface area contributed by atoms with Gasteiger partial charge in [-0.2, -0.15) is 5.10 Å². The third kappa shape index (κ3) is 2.38. The predicted molar refractivity (Wildman–Crippen MR) is 60.2 cm³/mol. The van der Waals surface area contributed by atoms with Crippen molar-refractivity contribution in [2.24, 2.45) is 5.10 Å². The van der Waals surface area contributed by atoms with Gasteiger partial charge in [0.2, 0.25) is 0 Å². The summed E-state index contributed by atoms with van der Waals surface area (Å²) in [6.07, 6.45) is 0. The van der Waals surface area contributed by atoms with Crippen molar-refractivity contribution >= 4 is 5.84 Å². The molecule has 82 valence electrons. The maximum atomic E-state index is 4.24. The maximum absolute atomic E-state index is 4.24. The van der Waals surface area contributed by atoms with Crippen molar-refractivity contribution in [3.8, 4) is 0 Å². The molecule has 1 saturated heterocycles. The lowest BCUT2D eigenvalue weighted by Crippen LogP contribution is -2.50. The van der Waals surface area contributed by atoms with Crippen molar-refractivity contribution in [2.75, 3.05) is 26.3 Å². The molecule has 0 aromatic heterocycles. The number of amidine groups is 1. The van der Waals surface area contributed by atoms with Gasteiger partial charge < -0.3 is 4.90 Å². The first-order chi connectivity index (χ1) is 6.77. The zero-order valence-electron chi connectivity index (χ0n) is 9.75. The summed E-state index contributed by atoms with van der Waals surface area (Å²) in [5, 5.41) is 4.24. The van der Waals surface area contributed by atoms with E-state index in [1.54, 1.807) is 0 Å². The van der Waals surface area contributed by atoms with Crippen molar-refractivity contribution in [1.29, 1.82) is 0 Å². The van der Waals surface area contributed by atoms with Gasteiger partial charge in [0.1, 0.15) is 12.5 Å². The fraction of sp³-hybridized carbons (Fsp3) is 0.900. The first kappa shape index (κ1) is 11.3. The lowest BCUT2D eigenvalue weighted by Gasteiger charge is -2.35. The van der Waals surface area contributed by atoms with E-state index < -0.39 is 0 Å². The van der Waals surface area contributed by atoms with Crippen LogP contribution in [0.25, 0.3) is 0 Å². The van der Waals surface area contributed by atoms with E-state index in [1.165, 1.54) is 12.4 Å². The Hall–Kier alpha value is -0.770. The minimum atomic E-state index is 0.635. The molecule has 1 fully saturated rings. The van der Waals surface area contributed by atoms with Crippen molar-refractivity contribution in [1.82, 2.24) is 15.2 Å². The molecule has 0 radical (unpaired) electrons. The summed E-state index contributed by atoms with van der Waals surface area (Å²) in [5.74, 6) is 1.20. The van der Waals surface area contributed by atoms with Gasteiger partial charge in [-0.1, -0.05) is 13.8 Å². The third-order valence-corrected chi connectivity index (χ3v) is 2.57. The molecule has 14 heavy (non-hydrogen) atoms. The molecule has 2 aliphatic rings. The molecule has 0 amide bonds. The average Bonchev–Trinajstić information content (AvgIpc) is 2.67. The van der Waals surface area contributed by atoms with E-state index in [2.05, 4.69) is 34.2 Å². The molecule has 1 N–H and O–H groups in total. The van der Waals surface area contributed by atoms with Crippen molar-refractivity contribution in [3.63, 3.8) is 0 Å². The molecule has 0 aromatic rings. The zero-order valence-corrected chi connectivity index (χ0v) is 9.75. The minimum Gasteiger partial charge on any atom is -0.337 e. The van der Waals surface area contributed by atoms with Gasteiger partial charge >= 0.3 is 0 Å². The summed E-state index contributed by atoms with van der Waals surface area (Å²) < 4.78 is 0. The van der Waals surface area contributed by atoms with Gasteiger partial charge in [0.25, 0.3) is 0 Å². The van der Waals surface area contributed by atoms with Gasteiger partial charge in [0.05, 0.1) is 6.54 Å². The van der Waals surface area contributed by atoms with Gasteiger partial charge in [-0.15, -0.1) is 0 Å². The second kappa shape index (κ2) is 5.20. The molecule has 0 bridgehead atoms. The Morgan fingerprint density at radius 3 is 2.64 bits per heavy atom. The molecule has 4 heteroatoms. The molecule has 2 rings (SSSR count). The standard InChI is InChI=1S/C8H16N4.C2H6/c1-7(2)11-3-4-12-6-9-10-8(12)5-11;1-2/h7,9H,3-6H2,1-2H3;1-2H3. The molecule has 0 aliphatic carbocycles. The van der Waals surface area contributed by atoms with E-state index in [4.69, 9.17) is 0 Å². The Bertz CT molecular complexity index is 200. The van der Waals surface area contributed by atoms with Crippen LogP contribution in [-0.2, 0) is 0 Å². The molecule has 0 unspecified atom stereocenters. The lowest BCUT2D eigenvalue weighted by atomic mass is 10.2. The molecule has 0 saturated carbocycles. The molecular formula is C10H22N4. The third-order valence-electron chi connectivity index (χ3n) is 2.57. The number of piperazine rings is 1. The summed E-state index contributed by atoms with van der Waals surface area (Å²) in [4.78, 5) is 4.75. The van der Waals surface area contributed by atoms with Crippen LogP contribution in [0.1, 0.15) is 27.7 Å².